The minimum absolute atomic E-state index is 0.276. The highest BCUT2D eigenvalue weighted by molar-refractivity contribution is 7.10. The molecular formula is C20H17ClN6OS. The van der Waals surface area contributed by atoms with Crippen LogP contribution in [-0.4, -0.2) is 30.3 Å². The van der Waals surface area contributed by atoms with Crippen molar-refractivity contribution in [2.24, 2.45) is 0 Å². The smallest absolute Gasteiger partial charge is 0.257 e. The summed E-state index contributed by atoms with van der Waals surface area (Å²) in [6, 6.07) is 14.7. The molecule has 7 nitrogen and oxygen atoms in total. The summed E-state index contributed by atoms with van der Waals surface area (Å²) in [5.41, 5.74) is 4.06. The van der Waals surface area contributed by atoms with Crippen LogP contribution in [0.5, 0.6) is 0 Å². The van der Waals surface area contributed by atoms with Gasteiger partial charge in [0.25, 0.3) is 5.91 Å². The number of anilines is 1. The Morgan fingerprint density at radius 1 is 1.17 bits per heavy atom. The van der Waals surface area contributed by atoms with Gasteiger partial charge in [0.15, 0.2) is 11.5 Å². The fraction of sp³-hybridized carbons (Fsp3) is 0.150. The fourth-order valence-corrected chi connectivity index (χ4v) is 3.61. The van der Waals surface area contributed by atoms with E-state index in [-0.39, 0.29) is 5.91 Å². The zero-order valence-electron chi connectivity index (χ0n) is 15.8. The molecule has 0 unspecified atom stereocenters. The summed E-state index contributed by atoms with van der Waals surface area (Å²) < 4.78 is 6.13. The molecule has 2 heterocycles. The molecule has 0 aliphatic rings. The fourth-order valence-electron chi connectivity index (χ4n) is 2.92. The number of aromatic nitrogens is 5. The molecule has 0 fully saturated rings. The Labute approximate surface area is 176 Å². The minimum Gasteiger partial charge on any atom is -0.297 e. The molecule has 4 aromatic rings. The molecule has 4 rings (SSSR count). The number of nitrogens with zero attached hydrogens (tertiary/aromatic N) is 5. The first-order valence-corrected chi connectivity index (χ1v) is 10.1. The number of amides is 1. The van der Waals surface area contributed by atoms with Crippen LogP contribution in [-0.2, 0) is 6.42 Å². The number of para-hydroxylation sites is 1. The molecule has 2 aromatic carbocycles. The van der Waals surface area contributed by atoms with Gasteiger partial charge in [0.05, 0.1) is 11.4 Å². The number of aryl methyl sites for hydroxylation is 1. The van der Waals surface area contributed by atoms with Crippen molar-refractivity contribution in [3.05, 3.63) is 70.4 Å². The van der Waals surface area contributed by atoms with Gasteiger partial charge in [0.2, 0.25) is 5.13 Å². The highest BCUT2D eigenvalue weighted by atomic mass is 35.5. The van der Waals surface area contributed by atoms with Crippen LogP contribution >= 0.6 is 23.1 Å². The molecule has 0 atom stereocenters. The van der Waals surface area contributed by atoms with Gasteiger partial charge in [-0.25, -0.2) is 4.68 Å². The van der Waals surface area contributed by atoms with E-state index < -0.39 is 0 Å². The summed E-state index contributed by atoms with van der Waals surface area (Å²) in [6.45, 7) is 4.03. The maximum absolute atomic E-state index is 12.4. The lowest BCUT2D eigenvalue weighted by atomic mass is 10.1. The molecule has 0 spiro atoms. The van der Waals surface area contributed by atoms with Crippen molar-refractivity contribution in [3.63, 3.8) is 0 Å². The predicted octanol–water partition coefficient (Wildman–Crippen LogP) is 4.56. The van der Waals surface area contributed by atoms with Gasteiger partial charge in [-0.1, -0.05) is 41.9 Å². The van der Waals surface area contributed by atoms with Crippen LogP contribution in [0.2, 0.25) is 5.02 Å². The van der Waals surface area contributed by atoms with E-state index in [0.29, 0.717) is 27.2 Å². The average Bonchev–Trinajstić information content (AvgIpc) is 3.34. The Kier molecular flexibility index (Phi) is 5.37. The third kappa shape index (κ3) is 3.90. The SMILES string of the molecule is CCc1ccccc1-n1nnc(-c2nsc(NC(=O)c3ccc(Cl)cc3)n2)c1C. The van der Waals surface area contributed by atoms with E-state index in [1.54, 1.807) is 28.9 Å². The maximum atomic E-state index is 12.4. The van der Waals surface area contributed by atoms with Crippen LogP contribution in [0.25, 0.3) is 17.2 Å². The predicted molar refractivity (Wildman–Crippen MR) is 114 cm³/mol. The van der Waals surface area contributed by atoms with Crippen molar-refractivity contribution in [2.75, 3.05) is 5.32 Å². The minimum atomic E-state index is -0.276. The molecule has 0 aliphatic heterocycles. The number of carbonyl (C=O) groups is 1. The standard InChI is InChI=1S/C20H17ClN6OS/c1-3-13-6-4-5-7-16(13)27-12(2)17(24-26-27)18-22-20(29-25-18)23-19(28)14-8-10-15(21)11-9-14/h4-11H,3H2,1-2H3,(H,22,23,25,28). The molecule has 0 saturated heterocycles. The van der Waals surface area contributed by atoms with Crippen molar-refractivity contribution >= 4 is 34.2 Å². The van der Waals surface area contributed by atoms with Gasteiger partial charge in [-0.15, -0.1) is 5.10 Å². The highest BCUT2D eigenvalue weighted by Gasteiger charge is 2.18. The number of nitrogens with one attached hydrogen (secondary N) is 1. The third-order valence-electron chi connectivity index (χ3n) is 4.46. The Hall–Kier alpha value is -3.10. The van der Waals surface area contributed by atoms with Gasteiger partial charge in [0.1, 0.15) is 0 Å². The van der Waals surface area contributed by atoms with E-state index in [2.05, 4.69) is 38.0 Å². The van der Waals surface area contributed by atoms with E-state index in [1.165, 1.54) is 5.56 Å². The van der Waals surface area contributed by atoms with Gasteiger partial charge in [-0.3, -0.25) is 10.1 Å². The van der Waals surface area contributed by atoms with Crippen LogP contribution in [0.3, 0.4) is 0 Å². The molecule has 0 aliphatic carbocycles. The van der Waals surface area contributed by atoms with Crippen LogP contribution in [0.1, 0.15) is 28.5 Å². The Morgan fingerprint density at radius 2 is 1.93 bits per heavy atom. The van der Waals surface area contributed by atoms with Crippen molar-refractivity contribution in [2.45, 2.75) is 20.3 Å². The number of hydrogen-bond donors (Lipinski definition) is 1. The second-order valence-electron chi connectivity index (χ2n) is 6.30. The molecule has 2 aromatic heterocycles. The molecule has 0 radical (unpaired) electrons. The van der Waals surface area contributed by atoms with E-state index in [4.69, 9.17) is 11.6 Å². The first-order chi connectivity index (χ1) is 14.1. The zero-order valence-corrected chi connectivity index (χ0v) is 17.3. The van der Waals surface area contributed by atoms with E-state index in [1.807, 2.05) is 25.1 Å². The van der Waals surface area contributed by atoms with Crippen molar-refractivity contribution in [1.82, 2.24) is 24.4 Å². The zero-order chi connectivity index (χ0) is 20.4. The maximum Gasteiger partial charge on any atom is 0.257 e. The molecule has 146 valence electrons. The Balaban J connectivity index is 1.58. The lowest BCUT2D eigenvalue weighted by molar-refractivity contribution is 0.102. The molecule has 9 heteroatoms. The van der Waals surface area contributed by atoms with Crippen molar-refractivity contribution in [3.8, 4) is 17.2 Å². The van der Waals surface area contributed by atoms with Gasteiger partial charge in [0, 0.05) is 22.1 Å². The number of rotatable bonds is 5. The quantitative estimate of drug-likeness (QED) is 0.507. The largest absolute Gasteiger partial charge is 0.297 e. The first-order valence-electron chi connectivity index (χ1n) is 8.98. The monoisotopic (exact) mass is 424 g/mol. The average molecular weight is 425 g/mol. The van der Waals surface area contributed by atoms with E-state index in [9.17, 15) is 4.79 Å². The van der Waals surface area contributed by atoms with Crippen LogP contribution in [0.4, 0.5) is 5.13 Å². The van der Waals surface area contributed by atoms with Gasteiger partial charge < -0.3 is 0 Å². The summed E-state index contributed by atoms with van der Waals surface area (Å²) >= 11 is 6.96. The molecule has 29 heavy (non-hydrogen) atoms. The number of hydrogen-bond acceptors (Lipinski definition) is 6. The highest BCUT2D eigenvalue weighted by Crippen LogP contribution is 2.25. The van der Waals surface area contributed by atoms with Gasteiger partial charge >= 0.3 is 0 Å². The van der Waals surface area contributed by atoms with E-state index in [0.717, 1.165) is 29.3 Å². The summed E-state index contributed by atoms with van der Waals surface area (Å²) in [5, 5.41) is 12.3. The second-order valence-corrected chi connectivity index (χ2v) is 7.49. The molecular weight excluding hydrogens is 408 g/mol. The second kappa shape index (κ2) is 8.10. The van der Waals surface area contributed by atoms with E-state index >= 15 is 0 Å². The topological polar surface area (TPSA) is 85.6 Å². The lowest BCUT2D eigenvalue weighted by Gasteiger charge is -2.08. The van der Waals surface area contributed by atoms with Gasteiger partial charge in [-0.2, -0.15) is 9.36 Å². The van der Waals surface area contributed by atoms with Gasteiger partial charge in [-0.05, 0) is 49.2 Å². The normalized spacial score (nSPS) is 10.9. The summed E-state index contributed by atoms with van der Waals surface area (Å²) in [6.07, 6.45) is 0.890. The summed E-state index contributed by atoms with van der Waals surface area (Å²) in [4.78, 5) is 16.8. The van der Waals surface area contributed by atoms with Crippen molar-refractivity contribution in [1.29, 1.82) is 0 Å². The third-order valence-corrected chi connectivity index (χ3v) is 5.34. The first kappa shape index (κ1) is 19.2. The summed E-state index contributed by atoms with van der Waals surface area (Å²) in [5.74, 6) is 0.153. The molecule has 1 amide bonds. The number of benzene rings is 2. The molecule has 0 saturated carbocycles. The van der Waals surface area contributed by atoms with Crippen LogP contribution < -0.4 is 5.32 Å². The molecule has 0 bridgehead atoms. The van der Waals surface area contributed by atoms with Crippen LogP contribution in [0.15, 0.2) is 48.5 Å². The molecule has 1 N–H and O–H groups in total. The number of halogens is 1. The van der Waals surface area contributed by atoms with Crippen molar-refractivity contribution < 1.29 is 4.79 Å². The lowest BCUT2D eigenvalue weighted by Crippen LogP contribution is -2.11. The summed E-state index contributed by atoms with van der Waals surface area (Å²) in [7, 11) is 0. The Morgan fingerprint density at radius 3 is 2.69 bits per heavy atom. The Bertz CT molecular complexity index is 1170. The number of carbonyl (C=O) groups excluding carboxylic acids is 1. The van der Waals surface area contributed by atoms with Crippen LogP contribution in [0, 0.1) is 6.92 Å².